The number of carbonyl (C=O) groups is 1. The normalized spacial score (nSPS) is 6.17. The van der Waals surface area contributed by atoms with Gasteiger partial charge in [0.25, 0.3) is 0 Å². The molecule has 1 radical (unpaired) electrons. The van der Waals surface area contributed by atoms with E-state index in [1.165, 1.54) is 0 Å². The molecule has 0 amide bonds. The van der Waals surface area contributed by atoms with Gasteiger partial charge in [-0.05, 0) is 0 Å². The molecule has 4 heteroatoms. The standard InChI is InChI=1S/C2H4O2S.Cu/c3-2(4)1-5;/h5H,1H2,(H,3,4);. The summed E-state index contributed by atoms with van der Waals surface area (Å²) < 4.78 is 0. The molecule has 41 valence electrons. The third kappa shape index (κ3) is 8.84. The van der Waals surface area contributed by atoms with Gasteiger partial charge in [-0.3, -0.25) is 4.79 Å². The van der Waals surface area contributed by atoms with Gasteiger partial charge in [0.05, 0.1) is 5.75 Å². The minimum absolute atomic E-state index is 0. The number of thiol groups is 1. The predicted octanol–water partition coefficient (Wildman–Crippen LogP) is -0.00170. The maximum atomic E-state index is 9.29. The van der Waals surface area contributed by atoms with Crippen molar-refractivity contribution < 1.29 is 27.0 Å². The van der Waals surface area contributed by atoms with Gasteiger partial charge in [-0.15, -0.1) is 0 Å². The largest absolute Gasteiger partial charge is 0.481 e. The van der Waals surface area contributed by atoms with Crippen molar-refractivity contribution in [2.75, 3.05) is 5.75 Å². The molecule has 0 saturated carbocycles. The van der Waals surface area contributed by atoms with Gasteiger partial charge in [0.2, 0.25) is 0 Å². The van der Waals surface area contributed by atoms with E-state index in [1.54, 1.807) is 0 Å². The summed E-state index contributed by atoms with van der Waals surface area (Å²) in [5.74, 6) is -0.965. The van der Waals surface area contributed by atoms with Crippen LogP contribution in [0.5, 0.6) is 0 Å². The zero-order chi connectivity index (χ0) is 4.28. The Kier molecular flexibility index (Phi) is 8.54. The molecule has 0 fully saturated rings. The summed E-state index contributed by atoms with van der Waals surface area (Å²) in [7, 11) is 0. The van der Waals surface area contributed by atoms with Crippen molar-refractivity contribution in [3.8, 4) is 0 Å². The second-order valence-corrected chi connectivity index (χ2v) is 0.868. The quantitative estimate of drug-likeness (QED) is 0.413. The van der Waals surface area contributed by atoms with E-state index in [0.717, 1.165) is 0 Å². The fourth-order valence-corrected chi connectivity index (χ4v) is 0. The van der Waals surface area contributed by atoms with Crippen LogP contribution in [0.2, 0.25) is 0 Å². The van der Waals surface area contributed by atoms with Crippen LogP contribution in [-0.2, 0) is 21.9 Å². The molecular weight excluding hydrogens is 152 g/mol. The number of carboxylic acid groups (broad SMARTS) is 1. The molecule has 0 bridgehead atoms. The van der Waals surface area contributed by atoms with Gasteiger partial charge in [0.1, 0.15) is 0 Å². The minimum Gasteiger partial charge on any atom is -0.481 e. The topological polar surface area (TPSA) is 37.3 Å². The van der Waals surface area contributed by atoms with E-state index in [0.29, 0.717) is 0 Å². The van der Waals surface area contributed by atoms with E-state index >= 15 is 0 Å². The molecule has 0 aromatic carbocycles. The molecule has 1 N–H and O–H groups in total. The van der Waals surface area contributed by atoms with Crippen molar-refractivity contribution in [1.82, 2.24) is 0 Å². The SMILES string of the molecule is O=C(O)CS.[Cu]. The Morgan fingerprint density at radius 3 is 2.00 bits per heavy atom. The molecule has 0 aromatic heterocycles. The number of aliphatic carboxylic acids is 1. The van der Waals surface area contributed by atoms with E-state index in [4.69, 9.17) is 5.11 Å². The number of hydrogen-bond donors (Lipinski definition) is 2. The molecule has 0 aliphatic carbocycles. The molecule has 0 atom stereocenters. The molecule has 2 nitrogen and oxygen atoms in total. The van der Waals surface area contributed by atoms with Crippen LogP contribution in [0.4, 0.5) is 0 Å². The summed E-state index contributed by atoms with van der Waals surface area (Å²) in [6.07, 6.45) is 0. The van der Waals surface area contributed by atoms with Crippen LogP contribution in [0.3, 0.4) is 0 Å². The van der Waals surface area contributed by atoms with Crippen LogP contribution < -0.4 is 0 Å². The molecule has 0 saturated heterocycles. The zero-order valence-electron chi connectivity index (χ0n) is 2.81. The molecule has 0 heterocycles. The van der Waals surface area contributed by atoms with Gasteiger partial charge >= 0.3 is 5.97 Å². The zero-order valence-corrected chi connectivity index (χ0v) is 4.65. The van der Waals surface area contributed by atoms with E-state index < -0.39 is 5.97 Å². The summed E-state index contributed by atoms with van der Waals surface area (Å²) >= 11 is 3.42. The second kappa shape index (κ2) is 5.34. The van der Waals surface area contributed by atoms with Crippen LogP contribution in [0.15, 0.2) is 0 Å². The first-order chi connectivity index (χ1) is 2.27. The van der Waals surface area contributed by atoms with Crippen LogP contribution in [0.25, 0.3) is 0 Å². The molecule has 0 unspecified atom stereocenters. The summed E-state index contributed by atoms with van der Waals surface area (Å²) in [5.41, 5.74) is 0. The smallest absolute Gasteiger partial charge is 0.313 e. The first-order valence-corrected chi connectivity index (χ1v) is 1.73. The Hall–Kier alpha value is 0.339. The van der Waals surface area contributed by atoms with E-state index in [-0.39, 0.29) is 22.8 Å². The van der Waals surface area contributed by atoms with Crippen LogP contribution in [-0.4, -0.2) is 16.8 Å². The second-order valence-electron chi connectivity index (χ2n) is 0.552. The fraction of sp³-hybridized carbons (Fsp3) is 0.500. The van der Waals surface area contributed by atoms with Gasteiger partial charge in [0.15, 0.2) is 0 Å². The monoisotopic (exact) mass is 155 g/mol. The Labute approximate surface area is 51.8 Å². The van der Waals surface area contributed by atoms with Crippen molar-refractivity contribution in [3.63, 3.8) is 0 Å². The predicted molar refractivity (Wildman–Crippen MR) is 21.5 cm³/mol. The first-order valence-electron chi connectivity index (χ1n) is 1.10. The van der Waals surface area contributed by atoms with Crippen LogP contribution >= 0.6 is 12.6 Å². The van der Waals surface area contributed by atoms with Gasteiger partial charge in [-0.25, -0.2) is 0 Å². The average Bonchev–Trinajstić information content (AvgIpc) is 1.38. The Bertz CT molecular complexity index is 46.8. The van der Waals surface area contributed by atoms with Gasteiger partial charge in [0, 0.05) is 17.1 Å². The van der Waals surface area contributed by atoms with Crippen LogP contribution in [0.1, 0.15) is 0 Å². The summed E-state index contributed by atoms with van der Waals surface area (Å²) in [6, 6.07) is 0. The summed E-state index contributed by atoms with van der Waals surface area (Å²) in [5, 5.41) is 7.65. The Morgan fingerprint density at radius 1 is 1.83 bits per heavy atom. The molecule has 0 spiro atoms. The molecule has 0 rings (SSSR count). The van der Waals surface area contributed by atoms with Crippen molar-refractivity contribution in [2.45, 2.75) is 0 Å². The van der Waals surface area contributed by atoms with Crippen LogP contribution in [0, 0.1) is 0 Å². The Balaban J connectivity index is 0. The van der Waals surface area contributed by atoms with Gasteiger partial charge in [-0.2, -0.15) is 12.6 Å². The van der Waals surface area contributed by atoms with Gasteiger partial charge in [-0.1, -0.05) is 0 Å². The number of carboxylic acids is 1. The maximum Gasteiger partial charge on any atom is 0.313 e. The molecule has 0 aliphatic rings. The molecular formula is C2H4CuO2S. The number of rotatable bonds is 1. The van der Waals surface area contributed by atoms with E-state index in [1.807, 2.05) is 0 Å². The first kappa shape index (κ1) is 9.60. The molecule has 0 aromatic rings. The maximum absolute atomic E-state index is 9.29. The van der Waals surface area contributed by atoms with Crippen molar-refractivity contribution in [3.05, 3.63) is 0 Å². The van der Waals surface area contributed by atoms with E-state index in [9.17, 15) is 4.79 Å². The van der Waals surface area contributed by atoms with Crippen molar-refractivity contribution in [2.24, 2.45) is 0 Å². The number of hydrogen-bond acceptors (Lipinski definition) is 2. The van der Waals surface area contributed by atoms with Gasteiger partial charge < -0.3 is 5.11 Å². The fourth-order valence-electron chi connectivity index (χ4n) is 0. The average molecular weight is 156 g/mol. The van der Waals surface area contributed by atoms with Crippen molar-refractivity contribution >= 4 is 18.6 Å². The molecule has 0 aliphatic heterocycles. The molecule has 6 heavy (non-hydrogen) atoms. The van der Waals surface area contributed by atoms with E-state index in [2.05, 4.69) is 12.6 Å². The Morgan fingerprint density at radius 2 is 2.00 bits per heavy atom. The van der Waals surface area contributed by atoms with Crippen molar-refractivity contribution in [1.29, 1.82) is 0 Å². The third-order valence-corrected chi connectivity index (χ3v) is 0.406. The summed E-state index contributed by atoms with van der Waals surface area (Å²) in [6.45, 7) is 0. The summed E-state index contributed by atoms with van der Waals surface area (Å²) in [4.78, 5) is 9.29. The third-order valence-electron chi connectivity index (χ3n) is 0.135. The minimum atomic E-state index is -0.881.